The summed E-state index contributed by atoms with van der Waals surface area (Å²) >= 11 is 6.27. The van der Waals surface area contributed by atoms with Gasteiger partial charge in [-0.25, -0.2) is 4.98 Å². The fraction of sp³-hybridized carbons (Fsp3) is 0.333. The molecular formula is C15H17ClN4. The molecule has 0 aliphatic carbocycles. The smallest absolute Gasteiger partial charge is 0.0994 e. The summed E-state index contributed by atoms with van der Waals surface area (Å²) in [5.41, 5.74) is 8.27. The number of halogens is 1. The number of aromatic nitrogens is 2. The number of nitrogens with two attached hydrogens (primary N) is 1. The Bertz CT molecular complexity index is 640. The number of hydrogen-bond acceptors (Lipinski definition) is 3. The molecule has 1 unspecified atom stereocenters. The van der Waals surface area contributed by atoms with Crippen molar-refractivity contribution in [1.29, 1.82) is 5.26 Å². The zero-order valence-corrected chi connectivity index (χ0v) is 12.3. The maximum absolute atomic E-state index is 8.89. The first-order chi connectivity index (χ1) is 9.58. The van der Waals surface area contributed by atoms with Crippen LogP contribution in [-0.2, 0) is 0 Å². The minimum Gasteiger partial charge on any atom is -0.330 e. The Morgan fingerprint density at radius 2 is 2.20 bits per heavy atom. The van der Waals surface area contributed by atoms with Crippen molar-refractivity contribution in [3.63, 3.8) is 0 Å². The van der Waals surface area contributed by atoms with Gasteiger partial charge in [-0.15, -0.1) is 0 Å². The number of rotatable bonds is 4. The Labute approximate surface area is 123 Å². The first-order valence-electron chi connectivity index (χ1n) is 6.50. The Morgan fingerprint density at radius 3 is 2.75 bits per heavy atom. The summed E-state index contributed by atoms with van der Waals surface area (Å²) in [6.07, 6.45) is 3.56. The van der Waals surface area contributed by atoms with Crippen molar-refractivity contribution in [3.05, 3.63) is 47.0 Å². The molecule has 1 heterocycles. The molecule has 0 aliphatic heterocycles. The Hall–Kier alpha value is -1.83. The van der Waals surface area contributed by atoms with Crippen LogP contribution < -0.4 is 5.73 Å². The molecule has 104 valence electrons. The predicted molar refractivity (Wildman–Crippen MR) is 79.9 cm³/mol. The van der Waals surface area contributed by atoms with Crippen molar-refractivity contribution < 1.29 is 0 Å². The first-order valence-corrected chi connectivity index (χ1v) is 6.88. The molecule has 20 heavy (non-hydrogen) atoms. The molecule has 0 saturated heterocycles. The molecule has 0 radical (unpaired) electrons. The molecule has 0 aliphatic rings. The maximum atomic E-state index is 8.89. The van der Waals surface area contributed by atoms with Crippen molar-refractivity contribution in [2.24, 2.45) is 11.7 Å². The van der Waals surface area contributed by atoms with E-state index < -0.39 is 0 Å². The van der Waals surface area contributed by atoms with E-state index in [0.29, 0.717) is 23.0 Å². The average molecular weight is 289 g/mol. The van der Waals surface area contributed by atoms with E-state index in [1.54, 1.807) is 18.5 Å². The highest BCUT2D eigenvalue weighted by Crippen LogP contribution is 2.29. The van der Waals surface area contributed by atoms with Gasteiger partial charge < -0.3 is 10.3 Å². The van der Waals surface area contributed by atoms with Gasteiger partial charge in [0.1, 0.15) is 0 Å². The maximum Gasteiger partial charge on any atom is 0.0994 e. The van der Waals surface area contributed by atoms with Crippen LogP contribution >= 0.6 is 11.6 Å². The number of imidazole rings is 1. The second-order valence-corrected chi connectivity index (χ2v) is 5.46. The van der Waals surface area contributed by atoms with Gasteiger partial charge in [0, 0.05) is 24.4 Å². The molecule has 0 spiro atoms. The lowest BCUT2D eigenvalue weighted by molar-refractivity contribution is 0.490. The van der Waals surface area contributed by atoms with Gasteiger partial charge in [-0.05, 0) is 24.1 Å². The quantitative estimate of drug-likeness (QED) is 0.940. The van der Waals surface area contributed by atoms with Crippen LogP contribution in [0.25, 0.3) is 5.69 Å². The van der Waals surface area contributed by atoms with Gasteiger partial charge in [0.15, 0.2) is 0 Å². The normalized spacial score (nSPS) is 12.4. The molecule has 0 saturated carbocycles. The van der Waals surface area contributed by atoms with Gasteiger partial charge in [0.25, 0.3) is 0 Å². The first kappa shape index (κ1) is 14.6. The third-order valence-electron chi connectivity index (χ3n) is 3.44. The molecule has 1 aromatic carbocycles. The summed E-state index contributed by atoms with van der Waals surface area (Å²) in [4.78, 5) is 4.22. The zero-order valence-electron chi connectivity index (χ0n) is 11.5. The van der Waals surface area contributed by atoms with E-state index in [9.17, 15) is 0 Å². The van der Waals surface area contributed by atoms with Gasteiger partial charge >= 0.3 is 0 Å². The Balaban J connectivity index is 2.50. The highest BCUT2D eigenvalue weighted by molar-refractivity contribution is 6.32. The number of hydrogen-bond donors (Lipinski definition) is 1. The third-order valence-corrected chi connectivity index (χ3v) is 3.74. The third kappa shape index (κ3) is 2.69. The van der Waals surface area contributed by atoms with Crippen molar-refractivity contribution in [3.8, 4) is 11.8 Å². The van der Waals surface area contributed by atoms with Gasteiger partial charge in [-0.2, -0.15) is 5.26 Å². The molecule has 5 heteroatoms. The van der Waals surface area contributed by atoms with E-state index in [4.69, 9.17) is 22.6 Å². The fourth-order valence-electron chi connectivity index (χ4n) is 2.29. The largest absolute Gasteiger partial charge is 0.330 e. The van der Waals surface area contributed by atoms with Gasteiger partial charge in [-0.1, -0.05) is 25.4 Å². The van der Waals surface area contributed by atoms with Gasteiger partial charge in [0.2, 0.25) is 0 Å². The highest BCUT2D eigenvalue weighted by atomic mass is 35.5. The molecule has 0 fully saturated rings. The van der Waals surface area contributed by atoms with Crippen LogP contribution in [0.5, 0.6) is 0 Å². The summed E-state index contributed by atoms with van der Waals surface area (Å²) < 4.78 is 1.95. The van der Waals surface area contributed by atoms with E-state index in [0.717, 1.165) is 11.4 Å². The van der Waals surface area contributed by atoms with E-state index in [1.807, 2.05) is 16.8 Å². The molecule has 2 aromatic rings. The minimum atomic E-state index is 0.212. The average Bonchev–Trinajstić information content (AvgIpc) is 2.88. The fourth-order valence-corrected chi connectivity index (χ4v) is 2.56. The molecular weight excluding hydrogens is 272 g/mol. The molecule has 2 rings (SSSR count). The van der Waals surface area contributed by atoms with Gasteiger partial charge in [-0.3, -0.25) is 0 Å². The van der Waals surface area contributed by atoms with E-state index in [-0.39, 0.29) is 5.92 Å². The summed E-state index contributed by atoms with van der Waals surface area (Å²) in [5, 5.41) is 9.42. The van der Waals surface area contributed by atoms with Crippen molar-refractivity contribution in [2.75, 3.05) is 6.54 Å². The monoisotopic (exact) mass is 288 g/mol. The molecule has 4 nitrogen and oxygen atoms in total. The van der Waals surface area contributed by atoms with Crippen LogP contribution in [0.4, 0.5) is 0 Å². The molecule has 0 amide bonds. The second kappa shape index (κ2) is 6.08. The van der Waals surface area contributed by atoms with Crippen molar-refractivity contribution >= 4 is 11.6 Å². The zero-order chi connectivity index (χ0) is 14.7. The topological polar surface area (TPSA) is 67.6 Å². The van der Waals surface area contributed by atoms with E-state index in [2.05, 4.69) is 24.9 Å². The molecule has 1 atom stereocenters. The molecule has 2 N–H and O–H groups in total. The lowest BCUT2D eigenvalue weighted by Crippen LogP contribution is -2.20. The lowest BCUT2D eigenvalue weighted by atomic mass is 9.93. The second-order valence-electron chi connectivity index (χ2n) is 5.05. The molecule has 1 aromatic heterocycles. The van der Waals surface area contributed by atoms with Crippen LogP contribution in [0, 0.1) is 17.2 Å². The summed E-state index contributed by atoms with van der Waals surface area (Å²) in [7, 11) is 0. The number of nitrogens with zero attached hydrogens (tertiary/aromatic N) is 3. The van der Waals surface area contributed by atoms with Crippen LogP contribution in [0.15, 0.2) is 30.7 Å². The summed E-state index contributed by atoms with van der Waals surface area (Å²) in [5.74, 6) is 0.622. The van der Waals surface area contributed by atoms with Crippen molar-refractivity contribution in [1.82, 2.24) is 9.55 Å². The van der Waals surface area contributed by atoms with Crippen molar-refractivity contribution in [2.45, 2.75) is 19.8 Å². The molecule has 0 bridgehead atoms. The van der Waals surface area contributed by atoms with Crippen LogP contribution in [-0.4, -0.2) is 16.1 Å². The van der Waals surface area contributed by atoms with Crippen LogP contribution in [0.2, 0.25) is 5.02 Å². The Morgan fingerprint density at radius 1 is 1.45 bits per heavy atom. The van der Waals surface area contributed by atoms with E-state index in [1.165, 1.54) is 0 Å². The minimum absolute atomic E-state index is 0.212. The summed E-state index contributed by atoms with van der Waals surface area (Å²) in [6, 6.07) is 7.32. The van der Waals surface area contributed by atoms with Crippen LogP contribution in [0.1, 0.15) is 31.0 Å². The SMILES string of the molecule is CC(C)C(CN)c1cncn1-c1ccc(C#N)cc1Cl. The van der Waals surface area contributed by atoms with Gasteiger partial charge in [0.05, 0.1) is 28.7 Å². The number of nitriles is 1. The standard InChI is InChI=1S/C15H17ClN4/c1-10(2)12(7-18)15-8-19-9-20(15)14-4-3-11(6-17)5-13(14)16/h3-5,8-10,12H,7,18H2,1-2H3. The Kier molecular flexibility index (Phi) is 4.43. The summed E-state index contributed by atoms with van der Waals surface area (Å²) in [6.45, 7) is 4.82. The number of benzene rings is 1. The predicted octanol–water partition coefficient (Wildman–Crippen LogP) is 3.10. The lowest BCUT2D eigenvalue weighted by Gasteiger charge is -2.21. The van der Waals surface area contributed by atoms with Crippen LogP contribution in [0.3, 0.4) is 0 Å². The highest BCUT2D eigenvalue weighted by Gasteiger charge is 2.19. The van der Waals surface area contributed by atoms with E-state index >= 15 is 0 Å².